The number of ketones is 1. The van der Waals surface area contributed by atoms with Crippen LogP contribution in [0.5, 0.6) is 0 Å². The average Bonchev–Trinajstić information content (AvgIpc) is 3.00. The van der Waals surface area contributed by atoms with Gasteiger partial charge in [-0.2, -0.15) is 0 Å². The highest BCUT2D eigenvalue weighted by molar-refractivity contribution is 8.18. The van der Waals surface area contributed by atoms with Crippen LogP contribution < -0.4 is 0 Å². The van der Waals surface area contributed by atoms with E-state index in [-0.39, 0.29) is 33.8 Å². The molecule has 0 aromatic heterocycles. The molecule has 0 bridgehead atoms. The van der Waals surface area contributed by atoms with Gasteiger partial charge in [-0.3, -0.25) is 14.0 Å². The van der Waals surface area contributed by atoms with Crippen molar-refractivity contribution in [3.05, 3.63) is 23.8 Å². The number of hydrogen-bond acceptors (Lipinski definition) is 5. The molecular weight excluding hydrogens is 450 g/mol. The first-order valence-electron chi connectivity index (χ1n) is 11.7. The number of carbonyl (C=O) groups excluding carboxylic acids is 2. The molecule has 0 amide bonds. The SMILES string of the molecule is CCS[C@@]1(SCCF)CC[C@H]2[C@@H]3CCC4=CC(=O)C=C[C@]4(C)C3(F)[C@@H](OC(C)=O)C[C@@]21C. The predicted molar refractivity (Wildman–Crippen MR) is 127 cm³/mol. The molecule has 0 saturated heterocycles. The number of hydrogen-bond donors (Lipinski definition) is 0. The van der Waals surface area contributed by atoms with Gasteiger partial charge in [-0.25, -0.2) is 4.39 Å². The zero-order valence-electron chi connectivity index (χ0n) is 19.4. The van der Waals surface area contributed by atoms with E-state index >= 15 is 4.39 Å². The van der Waals surface area contributed by atoms with Crippen LogP contribution in [0.2, 0.25) is 0 Å². The van der Waals surface area contributed by atoms with E-state index in [2.05, 4.69) is 13.8 Å². The zero-order chi connectivity index (χ0) is 23.4. The fourth-order valence-corrected chi connectivity index (χ4v) is 10.9. The van der Waals surface area contributed by atoms with Gasteiger partial charge in [0.05, 0.1) is 10.8 Å². The molecule has 4 rings (SSSR count). The van der Waals surface area contributed by atoms with E-state index < -0.39 is 23.2 Å². The van der Waals surface area contributed by atoms with Crippen molar-refractivity contribution in [2.45, 2.75) is 75.7 Å². The van der Waals surface area contributed by atoms with Crippen molar-refractivity contribution in [2.24, 2.45) is 22.7 Å². The van der Waals surface area contributed by atoms with Gasteiger partial charge in [-0.05, 0) is 68.3 Å². The first-order chi connectivity index (χ1) is 15.1. The van der Waals surface area contributed by atoms with E-state index in [1.54, 1.807) is 23.9 Å². The molecule has 3 saturated carbocycles. The summed E-state index contributed by atoms with van der Waals surface area (Å²) in [6.07, 6.45) is 7.39. The first kappa shape index (κ1) is 24.3. The minimum absolute atomic E-state index is 0.105. The Morgan fingerprint density at radius 3 is 2.66 bits per heavy atom. The molecule has 4 aliphatic rings. The summed E-state index contributed by atoms with van der Waals surface area (Å²) in [5, 5.41) is 0. The van der Waals surface area contributed by atoms with E-state index in [1.165, 1.54) is 13.0 Å². The Hall–Kier alpha value is -0.820. The van der Waals surface area contributed by atoms with Crippen LogP contribution >= 0.6 is 23.5 Å². The maximum absolute atomic E-state index is 17.6. The topological polar surface area (TPSA) is 43.4 Å². The van der Waals surface area contributed by atoms with Gasteiger partial charge in [-0.1, -0.05) is 25.5 Å². The van der Waals surface area contributed by atoms with Crippen molar-refractivity contribution in [3.63, 3.8) is 0 Å². The molecular formula is C25H34F2O3S2. The van der Waals surface area contributed by atoms with Gasteiger partial charge in [0.25, 0.3) is 0 Å². The van der Waals surface area contributed by atoms with Gasteiger partial charge in [0.15, 0.2) is 11.5 Å². The van der Waals surface area contributed by atoms with Crippen molar-refractivity contribution in [3.8, 4) is 0 Å². The summed E-state index contributed by atoms with van der Waals surface area (Å²) in [6.45, 7) is 7.17. The second-order valence-corrected chi connectivity index (χ2v) is 13.3. The molecule has 0 aromatic carbocycles. The van der Waals surface area contributed by atoms with Crippen molar-refractivity contribution in [1.29, 1.82) is 0 Å². The molecule has 4 aliphatic carbocycles. The molecule has 0 aromatic rings. The molecule has 3 nitrogen and oxygen atoms in total. The van der Waals surface area contributed by atoms with Crippen molar-refractivity contribution < 1.29 is 23.1 Å². The fourth-order valence-electron chi connectivity index (χ4n) is 7.40. The number of allylic oxidation sites excluding steroid dienone is 4. The largest absolute Gasteiger partial charge is 0.459 e. The molecule has 1 unspecified atom stereocenters. The molecule has 32 heavy (non-hydrogen) atoms. The lowest BCUT2D eigenvalue weighted by atomic mass is 9.46. The maximum Gasteiger partial charge on any atom is 0.303 e. The number of alkyl halides is 2. The number of halogens is 2. The minimum Gasteiger partial charge on any atom is -0.459 e. The van der Waals surface area contributed by atoms with Crippen LogP contribution in [0.15, 0.2) is 23.8 Å². The summed E-state index contributed by atoms with van der Waals surface area (Å²) in [5.41, 5.74) is -2.22. The van der Waals surface area contributed by atoms with Crippen LogP contribution in [0.25, 0.3) is 0 Å². The molecule has 0 heterocycles. The number of fused-ring (bicyclic) bond motifs is 5. The Labute approximate surface area is 198 Å². The van der Waals surface area contributed by atoms with Gasteiger partial charge >= 0.3 is 5.97 Å². The van der Waals surface area contributed by atoms with Gasteiger partial charge in [0, 0.05) is 24.0 Å². The summed E-state index contributed by atoms with van der Waals surface area (Å²) in [5.74, 6) is 0.582. The molecule has 0 N–H and O–H groups in total. The second-order valence-electron chi connectivity index (χ2n) is 10.1. The first-order valence-corrected chi connectivity index (χ1v) is 13.7. The standard InChI is InChI=1S/C25H34F2O3S2/c1-5-31-24(32-13-12-26)11-9-19-20-7-6-17-14-18(29)8-10-22(17,3)25(20,27)21(30-16(2)28)15-23(19,24)4/h8,10,14,19-21H,5-7,9,11-13,15H2,1-4H3/t19-,20-,21-,22-,23-,24+,25?/m0/s1. The van der Waals surface area contributed by atoms with Crippen LogP contribution in [0, 0.1) is 22.7 Å². The number of rotatable bonds is 6. The second kappa shape index (κ2) is 8.44. The molecule has 0 radical (unpaired) electrons. The van der Waals surface area contributed by atoms with Gasteiger partial charge in [0.2, 0.25) is 0 Å². The third kappa shape index (κ3) is 3.27. The third-order valence-corrected chi connectivity index (χ3v) is 12.4. The lowest BCUT2D eigenvalue weighted by Gasteiger charge is -2.63. The van der Waals surface area contributed by atoms with Crippen LogP contribution in [0.4, 0.5) is 8.78 Å². The number of ether oxygens (including phenoxy) is 1. The van der Waals surface area contributed by atoms with E-state index in [0.717, 1.165) is 24.2 Å². The summed E-state index contributed by atoms with van der Waals surface area (Å²) in [4.78, 5) is 24.2. The maximum atomic E-state index is 17.6. The minimum atomic E-state index is -1.78. The molecule has 0 spiro atoms. The highest BCUT2D eigenvalue weighted by Crippen LogP contribution is 2.74. The van der Waals surface area contributed by atoms with Crippen LogP contribution in [-0.2, 0) is 14.3 Å². The van der Waals surface area contributed by atoms with Gasteiger partial charge in [-0.15, -0.1) is 23.5 Å². The molecule has 7 atom stereocenters. The fraction of sp³-hybridized carbons (Fsp3) is 0.760. The predicted octanol–water partition coefficient (Wildman–Crippen LogP) is 6.08. The van der Waals surface area contributed by atoms with Crippen LogP contribution in [-0.4, -0.2) is 45.8 Å². The van der Waals surface area contributed by atoms with Gasteiger partial charge < -0.3 is 4.74 Å². The highest BCUT2D eigenvalue weighted by atomic mass is 32.2. The Kier molecular flexibility index (Phi) is 6.41. The number of esters is 1. The third-order valence-electron chi connectivity index (χ3n) is 8.76. The van der Waals surface area contributed by atoms with Crippen molar-refractivity contribution in [2.75, 3.05) is 18.2 Å². The normalized spacial score (nSPS) is 45.0. The van der Waals surface area contributed by atoms with E-state index in [0.29, 0.717) is 25.0 Å². The summed E-state index contributed by atoms with van der Waals surface area (Å²) < 4.78 is 36.5. The van der Waals surface area contributed by atoms with Crippen molar-refractivity contribution >= 4 is 35.3 Å². The number of thioether (sulfide) groups is 2. The lowest BCUT2D eigenvalue weighted by Crippen LogP contribution is -2.68. The summed E-state index contributed by atoms with van der Waals surface area (Å²) in [7, 11) is 0. The number of carbonyl (C=O) groups is 2. The molecule has 0 aliphatic heterocycles. The molecule has 178 valence electrons. The molecule has 3 fully saturated rings. The van der Waals surface area contributed by atoms with Crippen molar-refractivity contribution in [1.82, 2.24) is 0 Å². The molecule has 7 heteroatoms. The zero-order valence-corrected chi connectivity index (χ0v) is 21.1. The van der Waals surface area contributed by atoms with Crippen LogP contribution in [0.1, 0.15) is 59.8 Å². The Bertz CT molecular complexity index is 860. The monoisotopic (exact) mass is 484 g/mol. The van der Waals surface area contributed by atoms with Gasteiger partial charge in [0.1, 0.15) is 6.10 Å². The Morgan fingerprint density at radius 1 is 1.25 bits per heavy atom. The van der Waals surface area contributed by atoms with E-state index in [1.807, 2.05) is 18.7 Å². The average molecular weight is 485 g/mol. The lowest BCUT2D eigenvalue weighted by molar-refractivity contribution is -0.209. The van der Waals surface area contributed by atoms with E-state index in [4.69, 9.17) is 4.74 Å². The Balaban J connectivity index is 1.83. The quantitative estimate of drug-likeness (QED) is 0.338. The van der Waals surface area contributed by atoms with Crippen LogP contribution in [0.3, 0.4) is 0 Å². The summed E-state index contributed by atoms with van der Waals surface area (Å²) >= 11 is 3.53. The Morgan fingerprint density at radius 2 is 2.00 bits per heavy atom. The smallest absolute Gasteiger partial charge is 0.303 e. The summed E-state index contributed by atoms with van der Waals surface area (Å²) in [6, 6.07) is 0. The highest BCUT2D eigenvalue weighted by Gasteiger charge is 2.74. The van der Waals surface area contributed by atoms with E-state index in [9.17, 15) is 14.0 Å².